The molecule has 31 heavy (non-hydrogen) atoms. The summed E-state index contributed by atoms with van der Waals surface area (Å²) in [5.41, 5.74) is 3.22. The predicted octanol–water partition coefficient (Wildman–Crippen LogP) is 3.47. The van der Waals surface area contributed by atoms with E-state index in [1.807, 2.05) is 6.92 Å². The van der Waals surface area contributed by atoms with E-state index in [-0.39, 0.29) is 18.2 Å². The van der Waals surface area contributed by atoms with Gasteiger partial charge in [-0.2, -0.15) is 10.1 Å². The van der Waals surface area contributed by atoms with Crippen molar-refractivity contribution in [3.63, 3.8) is 0 Å². The van der Waals surface area contributed by atoms with Gasteiger partial charge >= 0.3 is 0 Å². The Hall–Kier alpha value is -2.95. The number of halogens is 1. The first kappa shape index (κ1) is 22.7. The van der Waals surface area contributed by atoms with Crippen molar-refractivity contribution in [1.82, 2.24) is 19.7 Å². The van der Waals surface area contributed by atoms with Crippen LogP contribution in [-0.2, 0) is 16.2 Å². The summed E-state index contributed by atoms with van der Waals surface area (Å²) in [6.45, 7) is 3.04. The number of thiazole rings is 1. The number of amides is 1. The van der Waals surface area contributed by atoms with Crippen LogP contribution in [0, 0.1) is 12.7 Å². The molecule has 1 amide bonds. The summed E-state index contributed by atoms with van der Waals surface area (Å²) in [6, 6.07) is 6.10. The molecule has 0 saturated carbocycles. The van der Waals surface area contributed by atoms with Crippen LogP contribution in [-0.4, -0.2) is 66.3 Å². The zero-order chi connectivity index (χ0) is 22.4. The average Bonchev–Trinajstić information content (AvgIpc) is 3.35. The third-order valence-corrected chi connectivity index (χ3v) is 5.17. The molecule has 0 aliphatic rings. The van der Waals surface area contributed by atoms with Crippen molar-refractivity contribution in [1.29, 1.82) is 0 Å². The fourth-order valence-corrected chi connectivity index (χ4v) is 3.64. The first-order chi connectivity index (χ1) is 14.9. The van der Waals surface area contributed by atoms with Gasteiger partial charge in [0.2, 0.25) is 0 Å². The molecule has 0 fully saturated rings. The van der Waals surface area contributed by atoms with Gasteiger partial charge in [0.05, 0.1) is 25.1 Å². The first-order valence-corrected chi connectivity index (χ1v) is 10.4. The Morgan fingerprint density at radius 1 is 1.29 bits per heavy atom. The molecule has 0 aliphatic carbocycles. The smallest absolute Gasteiger partial charge is 0.297 e. The van der Waals surface area contributed by atoms with E-state index in [1.54, 1.807) is 48.3 Å². The third kappa shape index (κ3) is 5.60. The molecule has 1 aromatic carbocycles. The van der Waals surface area contributed by atoms with E-state index < -0.39 is 5.91 Å². The fourth-order valence-electron chi connectivity index (χ4n) is 2.75. The molecule has 0 saturated heterocycles. The van der Waals surface area contributed by atoms with Gasteiger partial charge in [-0.05, 0) is 31.2 Å². The van der Waals surface area contributed by atoms with Crippen LogP contribution < -0.4 is 0 Å². The number of aromatic nitrogens is 3. The summed E-state index contributed by atoms with van der Waals surface area (Å²) in [6.07, 6.45) is 1.44. The standard InChI is InChI=1S/C21H24FN5O3S/c1-14-18(21-24-17(11-31-21)20(28)23-12-26(2)3)19(15-5-7-16(22)8-6-15)25-27(14)13-30-10-9-29-4/h5-8,11-12H,9-10,13H2,1-4H3. The van der Waals surface area contributed by atoms with E-state index >= 15 is 0 Å². The Morgan fingerprint density at radius 3 is 2.71 bits per heavy atom. The molecule has 0 radical (unpaired) electrons. The summed E-state index contributed by atoms with van der Waals surface area (Å²) in [4.78, 5) is 22.4. The Kier molecular flexibility index (Phi) is 7.61. The quantitative estimate of drug-likeness (QED) is 0.285. The van der Waals surface area contributed by atoms with Crippen molar-refractivity contribution in [2.24, 2.45) is 4.99 Å². The maximum absolute atomic E-state index is 13.4. The lowest BCUT2D eigenvalue weighted by Crippen LogP contribution is -2.10. The lowest BCUT2D eigenvalue weighted by Gasteiger charge is -2.05. The average molecular weight is 446 g/mol. The Bertz CT molecular complexity index is 1060. The lowest BCUT2D eigenvalue weighted by molar-refractivity contribution is 0.0281. The highest BCUT2D eigenvalue weighted by molar-refractivity contribution is 7.13. The highest BCUT2D eigenvalue weighted by Crippen LogP contribution is 2.36. The molecule has 2 heterocycles. The largest absolute Gasteiger partial charge is 0.382 e. The molecule has 3 aromatic rings. The minimum absolute atomic E-state index is 0.230. The van der Waals surface area contributed by atoms with Crippen molar-refractivity contribution in [3.05, 3.63) is 46.9 Å². The van der Waals surface area contributed by atoms with Crippen LogP contribution in [0.2, 0.25) is 0 Å². The second-order valence-corrected chi connectivity index (χ2v) is 7.75. The van der Waals surface area contributed by atoms with E-state index in [9.17, 15) is 9.18 Å². The summed E-state index contributed by atoms with van der Waals surface area (Å²) < 4.78 is 25.8. The number of hydrogen-bond donors (Lipinski definition) is 0. The highest BCUT2D eigenvalue weighted by Gasteiger charge is 2.22. The molecule has 0 spiro atoms. The number of ether oxygens (including phenoxy) is 2. The number of aliphatic imine (C=N–C) groups is 1. The number of nitrogens with zero attached hydrogens (tertiary/aromatic N) is 5. The van der Waals surface area contributed by atoms with Gasteiger partial charge in [-0.1, -0.05) is 0 Å². The van der Waals surface area contributed by atoms with E-state index in [1.165, 1.54) is 29.8 Å². The van der Waals surface area contributed by atoms with Crippen LogP contribution in [0.1, 0.15) is 16.2 Å². The van der Waals surface area contributed by atoms with E-state index in [0.717, 1.165) is 16.8 Å². The molecule has 0 unspecified atom stereocenters. The minimum Gasteiger partial charge on any atom is -0.382 e. The maximum Gasteiger partial charge on any atom is 0.297 e. The SMILES string of the molecule is COCCOCn1nc(-c2ccc(F)cc2)c(-c2nc(C(=O)N=CN(C)C)cs2)c1C. The van der Waals surface area contributed by atoms with Gasteiger partial charge in [0, 0.05) is 37.8 Å². The fraction of sp³-hybridized carbons (Fsp3) is 0.333. The summed E-state index contributed by atoms with van der Waals surface area (Å²) in [5, 5.41) is 6.97. The van der Waals surface area contributed by atoms with Crippen LogP contribution in [0.15, 0.2) is 34.6 Å². The van der Waals surface area contributed by atoms with Gasteiger partial charge in [0.15, 0.2) is 0 Å². The lowest BCUT2D eigenvalue weighted by atomic mass is 10.1. The zero-order valence-electron chi connectivity index (χ0n) is 17.8. The van der Waals surface area contributed by atoms with Crippen LogP contribution in [0.5, 0.6) is 0 Å². The monoisotopic (exact) mass is 445 g/mol. The zero-order valence-corrected chi connectivity index (χ0v) is 18.6. The molecule has 0 atom stereocenters. The molecule has 0 N–H and O–H groups in total. The second kappa shape index (κ2) is 10.4. The normalized spacial score (nSPS) is 11.4. The van der Waals surface area contributed by atoms with Gasteiger partial charge in [-0.25, -0.2) is 14.1 Å². The maximum atomic E-state index is 13.4. The Balaban J connectivity index is 1.98. The molecule has 10 heteroatoms. The van der Waals surface area contributed by atoms with Crippen LogP contribution in [0.25, 0.3) is 21.8 Å². The van der Waals surface area contributed by atoms with Crippen LogP contribution in [0.4, 0.5) is 4.39 Å². The van der Waals surface area contributed by atoms with E-state index in [0.29, 0.717) is 23.9 Å². The molecule has 164 valence electrons. The van der Waals surface area contributed by atoms with Crippen molar-refractivity contribution >= 4 is 23.6 Å². The van der Waals surface area contributed by atoms with Crippen molar-refractivity contribution in [2.45, 2.75) is 13.7 Å². The molecule has 2 aromatic heterocycles. The number of benzene rings is 1. The van der Waals surface area contributed by atoms with Gasteiger partial charge in [-0.15, -0.1) is 11.3 Å². The van der Waals surface area contributed by atoms with Gasteiger partial charge in [0.1, 0.15) is 28.9 Å². The predicted molar refractivity (Wildman–Crippen MR) is 118 cm³/mol. The Morgan fingerprint density at radius 2 is 2.03 bits per heavy atom. The number of methoxy groups -OCH3 is 1. The molecule has 8 nitrogen and oxygen atoms in total. The molecular formula is C21H24FN5O3S. The van der Waals surface area contributed by atoms with Crippen molar-refractivity contribution < 1.29 is 18.7 Å². The molecule has 0 bridgehead atoms. The van der Waals surface area contributed by atoms with Crippen molar-refractivity contribution in [3.8, 4) is 21.8 Å². The molecular weight excluding hydrogens is 421 g/mol. The molecule has 0 aliphatic heterocycles. The summed E-state index contributed by atoms with van der Waals surface area (Å²) >= 11 is 1.33. The van der Waals surface area contributed by atoms with E-state index in [2.05, 4.69) is 15.1 Å². The van der Waals surface area contributed by atoms with Gasteiger partial charge in [0.25, 0.3) is 5.91 Å². The minimum atomic E-state index is -0.424. The molecule has 3 rings (SSSR count). The number of carbonyl (C=O) groups excluding carboxylic acids is 1. The summed E-state index contributed by atoms with van der Waals surface area (Å²) in [7, 11) is 5.17. The Labute approximate surface area is 184 Å². The topological polar surface area (TPSA) is 81.8 Å². The third-order valence-electron chi connectivity index (χ3n) is 4.31. The van der Waals surface area contributed by atoms with Gasteiger partial charge < -0.3 is 14.4 Å². The van der Waals surface area contributed by atoms with E-state index in [4.69, 9.17) is 9.47 Å². The highest BCUT2D eigenvalue weighted by atomic mass is 32.1. The first-order valence-electron chi connectivity index (χ1n) is 9.51. The van der Waals surface area contributed by atoms with Crippen LogP contribution >= 0.6 is 11.3 Å². The number of rotatable bonds is 9. The van der Waals surface area contributed by atoms with Gasteiger partial charge in [-0.3, -0.25) is 4.79 Å². The summed E-state index contributed by atoms with van der Waals surface area (Å²) in [5.74, 6) is -0.752. The number of hydrogen-bond acceptors (Lipinski definition) is 6. The second-order valence-electron chi connectivity index (χ2n) is 6.90. The number of carbonyl (C=O) groups is 1. The van der Waals surface area contributed by atoms with Crippen molar-refractivity contribution in [2.75, 3.05) is 34.4 Å². The van der Waals surface area contributed by atoms with Crippen LogP contribution in [0.3, 0.4) is 0 Å².